The Bertz CT molecular complexity index is 749. The van der Waals surface area contributed by atoms with Gasteiger partial charge in [-0.05, 0) is 56.5 Å². The fourth-order valence-corrected chi connectivity index (χ4v) is 3.63. The summed E-state index contributed by atoms with van der Waals surface area (Å²) >= 11 is 1.42. The molecule has 0 saturated heterocycles. The zero-order valence-electron chi connectivity index (χ0n) is 13.4. The number of carbonyl (C=O) groups excluding carboxylic acids is 1. The van der Waals surface area contributed by atoms with E-state index in [1.807, 2.05) is 13.0 Å². The van der Waals surface area contributed by atoms with E-state index in [4.69, 9.17) is 0 Å². The van der Waals surface area contributed by atoms with Crippen molar-refractivity contribution in [2.45, 2.75) is 44.9 Å². The molecule has 1 aliphatic rings. The van der Waals surface area contributed by atoms with Crippen LogP contribution in [0.3, 0.4) is 0 Å². The van der Waals surface area contributed by atoms with Gasteiger partial charge in [0.25, 0.3) is 5.91 Å². The monoisotopic (exact) mass is 353 g/mol. The van der Waals surface area contributed by atoms with E-state index in [1.54, 1.807) is 24.0 Å². The number of nitrogens with zero attached hydrogens (tertiary/aromatic N) is 1. The lowest BCUT2D eigenvalue weighted by molar-refractivity contribution is -0.137. The van der Waals surface area contributed by atoms with Crippen molar-refractivity contribution in [3.8, 4) is 0 Å². The molecule has 0 spiro atoms. The van der Waals surface area contributed by atoms with Crippen LogP contribution >= 0.6 is 11.3 Å². The number of rotatable bonds is 4. The number of amides is 1. The summed E-state index contributed by atoms with van der Waals surface area (Å²) in [6.45, 7) is 3.73. The second-order valence-corrected chi connectivity index (χ2v) is 7.44. The van der Waals surface area contributed by atoms with E-state index in [2.05, 4.69) is 0 Å². The van der Waals surface area contributed by atoms with Crippen LogP contribution in [0.15, 0.2) is 36.4 Å². The number of carbonyl (C=O) groups is 1. The molecule has 2 aromatic rings. The van der Waals surface area contributed by atoms with Crippen LogP contribution in [0.2, 0.25) is 0 Å². The van der Waals surface area contributed by atoms with Crippen LogP contribution in [0.25, 0.3) is 0 Å². The number of benzene rings is 1. The predicted molar refractivity (Wildman–Crippen MR) is 88.1 cm³/mol. The summed E-state index contributed by atoms with van der Waals surface area (Å²) in [6.07, 6.45) is -2.58. The van der Waals surface area contributed by atoms with Gasteiger partial charge in [-0.3, -0.25) is 4.79 Å². The van der Waals surface area contributed by atoms with E-state index in [0.29, 0.717) is 10.4 Å². The van der Waals surface area contributed by atoms with Crippen LogP contribution in [0, 0.1) is 6.92 Å². The molecule has 1 aromatic carbocycles. The Hall–Kier alpha value is -1.82. The Morgan fingerprint density at radius 1 is 1.25 bits per heavy atom. The first kappa shape index (κ1) is 17.0. The molecule has 6 heteroatoms. The lowest BCUT2D eigenvalue weighted by atomic mass is 10.0. The molecule has 1 heterocycles. The number of hydrogen-bond acceptors (Lipinski definition) is 2. The van der Waals surface area contributed by atoms with Gasteiger partial charge in [-0.15, -0.1) is 11.3 Å². The molecule has 0 N–H and O–H groups in total. The number of halogens is 3. The molecule has 1 atom stereocenters. The Kier molecular flexibility index (Phi) is 4.42. The van der Waals surface area contributed by atoms with Crippen molar-refractivity contribution >= 4 is 17.2 Å². The average Bonchev–Trinajstić information content (AvgIpc) is 3.26. The summed E-state index contributed by atoms with van der Waals surface area (Å²) < 4.78 is 38.9. The van der Waals surface area contributed by atoms with Crippen LogP contribution in [0.5, 0.6) is 0 Å². The summed E-state index contributed by atoms with van der Waals surface area (Å²) in [5.41, 5.74) is -0.166. The Balaban J connectivity index is 1.90. The van der Waals surface area contributed by atoms with E-state index >= 15 is 0 Å². The van der Waals surface area contributed by atoms with Crippen LogP contribution in [0.4, 0.5) is 13.2 Å². The highest BCUT2D eigenvalue weighted by molar-refractivity contribution is 7.13. The first-order valence-electron chi connectivity index (χ1n) is 7.83. The van der Waals surface area contributed by atoms with E-state index < -0.39 is 17.8 Å². The van der Waals surface area contributed by atoms with E-state index in [9.17, 15) is 18.0 Å². The number of hydrogen-bond donors (Lipinski definition) is 0. The lowest BCUT2D eigenvalue weighted by Crippen LogP contribution is -2.35. The van der Waals surface area contributed by atoms with E-state index in [-0.39, 0.29) is 11.9 Å². The first-order valence-corrected chi connectivity index (χ1v) is 8.65. The zero-order valence-corrected chi connectivity index (χ0v) is 14.2. The first-order chi connectivity index (χ1) is 11.3. The minimum Gasteiger partial charge on any atom is -0.328 e. The largest absolute Gasteiger partial charge is 0.416 e. The molecule has 24 heavy (non-hydrogen) atoms. The molecule has 0 aliphatic heterocycles. The highest BCUT2D eigenvalue weighted by Gasteiger charge is 2.38. The standard InChI is InChI=1S/C18H18F3NOS/c1-11-6-9-16(24-11)17(23)22(15-7-8-15)12(2)13-4-3-5-14(10-13)18(19,20)21/h3-6,9-10,12,15H,7-8H2,1-2H3/t12-/m0/s1. The van der Waals surface area contributed by atoms with Crippen LogP contribution in [0.1, 0.15) is 51.5 Å². The van der Waals surface area contributed by atoms with Gasteiger partial charge in [0.2, 0.25) is 0 Å². The molecular formula is C18H18F3NOS. The van der Waals surface area contributed by atoms with Gasteiger partial charge < -0.3 is 4.90 Å². The number of thiophene rings is 1. The lowest BCUT2D eigenvalue weighted by Gasteiger charge is -2.30. The summed E-state index contributed by atoms with van der Waals surface area (Å²) in [5, 5.41) is 0. The molecule has 1 aromatic heterocycles. The molecule has 128 valence electrons. The molecule has 1 fully saturated rings. The highest BCUT2D eigenvalue weighted by Crippen LogP contribution is 2.38. The maximum absolute atomic E-state index is 13.0. The van der Waals surface area contributed by atoms with Crippen molar-refractivity contribution in [3.63, 3.8) is 0 Å². The average molecular weight is 353 g/mol. The summed E-state index contributed by atoms with van der Waals surface area (Å²) in [5.74, 6) is -0.0967. The van der Waals surface area contributed by atoms with Gasteiger partial charge in [0.15, 0.2) is 0 Å². The molecule has 1 aliphatic carbocycles. The molecule has 0 radical (unpaired) electrons. The van der Waals surface area contributed by atoms with Crippen molar-refractivity contribution in [3.05, 3.63) is 57.3 Å². The van der Waals surface area contributed by atoms with Gasteiger partial charge in [-0.25, -0.2) is 0 Å². The molecule has 1 amide bonds. The van der Waals surface area contributed by atoms with Gasteiger partial charge in [0.05, 0.1) is 16.5 Å². The fourth-order valence-electron chi connectivity index (χ4n) is 2.82. The van der Waals surface area contributed by atoms with Crippen molar-refractivity contribution < 1.29 is 18.0 Å². The predicted octanol–water partition coefficient (Wildman–Crippen LogP) is 5.44. The van der Waals surface area contributed by atoms with Gasteiger partial charge >= 0.3 is 6.18 Å². The number of alkyl halides is 3. The quantitative estimate of drug-likeness (QED) is 0.716. The highest BCUT2D eigenvalue weighted by atomic mass is 32.1. The van der Waals surface area contributed by atoms with Crippen LogP contribution in [-0.2, 0) is 6.18 Å². The maximum Gasteiger partial charge on any atom is 0.416 e. The van der Waals surface area contributed by atoms with E-state index in [0.717, 1.165) is 29.9 Å². The zero-order chi connectivity index (χ0) is 17.5. The SMILES string of the molecule is Cc1ccc(C(=O)N(C2CC2)[C@@H](C)c2cccc(C(F)(F)F)c2)s1. The Morgan fingerprint density at radius 3 is 2.50 bits per heavy atom. The summed E-state index contributed by atoms with van der Waals surface area (Å²) in [7, 11) is 0. The third-order valence-corrected chi connectivity index (χ3v) is 5.23. The third kappa shape index (κ3) is 3.48. The summed E-state index contributed by atoms with van der Waals surface area (Å²) in [4.78, 5) is 16.3. The molecule has 2 nitrogen and oxygen atoms in total. The van der Waals surface area contributed by atoms with Crippen LogP contribution in [-0.4, -0.2) is 16.8 Å². The molecule has 0 bridgehead atoms. The molecule has 1 saturated carbocycles. The topological polar surface area (TPSA) is 20.3 Å². The summed E-state index contributed by atoms with van der Waals surface area (Å²) in [6, 6.07) is 8.66. The van der Waals surface area contributed by atoms with Crippen molar-refractivity contribution in [2.75, 3.05) is 0 Å². The van der Waals surface area contributed by atoms with Gasteiger partial charge in [0.1, 0.15) is 0 Å². The normalized spacial score (nSPS) is 16.0. The van der Waals surface area contributed by atoms with Gasteiger partial charge in [0, 0.05) is 10.9 Å². The molecule has 3 rings (SSSR count). The minimum atomic E-state index is -4.38. The van der Waals surface area contributed by atoms with Crippen LogP contribution < -0.4 is 0 Å². The number of aryl methyl sites for hydroxylation is 1. The molecule has 0 unspecified atom stereocenters. The Labute approximate surface area is 142 Å². The second kappa shape index (κ2) is 6.24. The van der Waals surface area contributed by atoms with Crippen molar-refractivity contribution in [1.82, 2.24) is 4.90 Å². The van der Waals surface area contributed by atoms with E-state index in [1.165, 1.54) is 17.4 Å². The maximum atomic E-state index is 13.0. The smallest absolute Gasteiger partial charge is 0.328 e. The van der Waals surface area contributed by atoms with Crippen molar-refractivity contribution in [1.29, 1.82) is 0 Å². The van der Waals surface area contributed by atoms with Gasteiger partial charge in [-0.2, -0.15) is 13.2 Å². The Morgan fingerprint density at radius 2 is 1.96 bits per heavy atom. The minimum absolute atomic E-state index is 0.0967. The fraction of sp³-hybridized carbons (Fsp3) is 0.389. The van der Waals surface area contributed by atoms with Gasteiger partial charge in [-0.1, -0.05) is 12.1 Å². The van der Waals surface area contributed by atoms with Crippen molar-refractivity contribution in [2.24, 2.45) is 0 Å². The molecular weight excluding hydrogens is 335 g/mol. The second-order valence-electron chi connectivity index (χ2n) is 6.15. The third-order valence-electron chi connectivity index (χ3n) is 4.24.